The van der Waals surface area contributed by atoms with Crippen LogP contribution in [-0.2, 0) is 0 Å². The summed E-state index contributed by atoms with van der Waals surface area (Å²) in [4.78, 5) is 46.0. The number of carbonyl (C=O) groups is 2. The summed E-state index contributed by atoms with van der Waals surface area (Å²) in [5.41, 5.74) is 0.664. The number of hydrogen-bond acceptors (Lipinski definition) is 8. The number of ether oxygens (including phenoxy) is 2. The Bertz CT molecular complexity index is 1640. The molecule has 1 aliphatic heterocycles. The van der Waals surface area contributed by atoms with Crippen LogP contribution in [0.1, 0.15) is 70.3 Å². The Morgan fingerprint density at radius 1 is 1.13 bits per heavy atom. The Hall–Kier alpha value is -4.05. The molecule has 38 heavy (non-hydrogen) atoms. The second-order valence-corrected chi connectivity index (χ2v) is 9.82. The maximum Gasteiger partial charge on any atom is 0.297 e. The summed E-state index contributed by atoms with van der Waals surface area (Å²) in [6, 6.07) is 7.83. The van der Waals surface area contributed by atoms with Gasteiger partial charge in [0.15, 0.2) is 27.8 Å². The van der Waals surface area contributed by atoms with Gasteiger partial charge in [0.05, 0.1) is 40.8 Å². The van der Waals surface area contributed by atoms with Gasteiger partial charge in [-0.25, -0.2) is 9.37 Å². The van der Waals surface area contributed by atoms with Crippen LogP contribution in [0.5, 0.6) is 11.5 Å². The lowest BCUT2D eigenvalue weighted by atomic mass is 9.98. The van der Waals surface area contributed by atoms with Gasteiger partial charge in [0, 0.05) is 6.92 Å². The fourth-order valence-corrected chi connectivity index (χ4v) is 5.55. The number of ketones is 1. The van der Waals surface area contributed by atoms with Gasteiger partial charge in [0.2, 0.25) is 5.76 Å². The molecule has 0 N–H and O–H groups in total. The van der Waals surface area contributed by atoms with E-state index in [0.717, 1.165) is 23.8 Å². The molecular weight excluding hydrogens is 511 g/mol. The molecule has 196 valence electrons. The van der Waals surface area contributed by atoms with Crippen LogP contribution in [-0.4, -0.2) is 29.9 Å². The van der Waals surface area contributed by atoms with Crippen molar-refractivity contribution in [1.29, 1.82) is 0 Å². The van der Waals surface area contributed by atoms with Gasteiger partial charge in [-0.3, -0.25) is 19.3 Å². The molecule has 0 radical (unpaired) electrons. The molecule has 0 saturated heterocycles. The van der Waals surface area contributed by atoms with E-state index in [1.54, 1.807) is 25.1 Å². The average molecular weight is 537 g/mol. The number of Topliss-reactive ketones (excluding diaryl/α,β-unsaturated/α-hetero) is 1. The molecule has 1 unspecified atom stereocenters. The molecule has 1 aliphatic rings. The highest BCUT2D eigenvalue weighted by molar-refractivity contribution is 7.17. The number of amides is 1. The summed E-state index contributed by atoms with van der Waals surface area (Å²) in [7, 11) is 0. The molecule has 3 heterocycles. The third-order valence-corrected chi connectivity index (χ3v) is 7.45. The molecule has 8 nitrogen and oxygen atoms in total. The van der Waals surface area contributed by atoms with Gasteiger partial charge in [-0.15, -0.1) is 0 Å². The smallest absolute Gasteiger partial charge is 0.297 e. The second-order valence-electron chi connectivity index (χ2n) is 8.85. The summed E-state index contributed by atoms with van der Waals surface area (Å²) in [6.45, 7) is 7.81. The van der Waals surface area contributed by atoms with Crippen molar-refractivity contribution in [2.75, 3.05) is 18.1 Å². The lowest BCUT2D eigenvalue weighted by Crippen LogP contribution is -2.29. The zero-order chi connectivity index (χ0) is 27.1. The number of rotatable bonds is 8. The van der Waals surface area contributed by atoms with Gasteiger partial charge in [-0.2, -0.15) is 0 Å². The fourth-order valence-electron chi connectivity index (χ4n) is 4.56. The van der Waals surface area contributed by atoms with E-state index < -0.39 is 23.2 Å². The minimum Gasteiger partial charge on any atom is -0.490 e. The van der Waals surface area contributed by atoms with E-state index in [1.165, 1.54) is 24.0 Å². The first-order valence-corrected chi connectivity index (χ1v) is 13.0. The topological polar surface area (TPSA) is 98.9 Å². The standard InChI is InChI=1S/C28H25FN2O6S/c1-5-11-36-20-9-7-16(12-21(20)35-6-2)23-22-24(33)18-13-17(29)8-10-19(18)37-25(22)27(34)31(23)28-30-14(3)26(38-28)15(4)32/h7-10,12-13,23H,5-6,11H2,1-4H3. The van der Waals surface area contributed by atoms with E-state index in [2.05, 4.69) is 4.98 Å². The van der Waals surface area contributed by atoms with Crippen LogP contribution in [0.25, 0.3) is 11.0 Å². The molecule has 0 aliphatic carbocycles. The monoisotopic (exact) mass is 536 g/mol. The lowest BCUT2D eigenvalue weighted by molar-refractivity contribution is 0.0969. The van der Waals surface area contributed by atoms with E-state index >= 15 is 0 Å². The highest BCUT2D eigenvalue weighted by atomic mass is 32.1. The van der Waals surface area contributed by atoms with E-state index in [1.807, 2.05) is 13.8 Å². The van der Waals surface area contributed by atoms with E-state index in [-0.39, 0.29) is 33.2 Å². The molecule has 0 fully saturated rings. The van der Waals surface area contributed by atoms with Gasteiger partial charge in [-0.1, -0.05) is 24.3 Å². The first-order chi connectivity index (χ1) is 18.2. The fraction of sp³-hybridized carbons (Fsp3) is 0.286. The largest absolute Gasteiger partial charge is 0.490 e. The molecule has 2 aromatic carbocycles. The molecule has 10 heteroatoms. The maximum absolute atomic E-state index is 14.1. The van der Waals surface area contributed by atoms with Crippen molar-refractivity contribution < 1.29 is 27.9 Å². The van der Waals surface area contributed by atoms with Crippen LogP contribution in [0.2, 0.25) is 0 Å². The average Bonchev–Trinajstić information content (AvgIpc) is 3.41. The number of aromatic nitrogens is 1. The molecule has 0 spiro atoms. The Balaban J connectivity index is 1.76. The van der Waals surface area contributed by atoms with Crippen molar-refractivity contribution in [2.24, 2.45) is 0 Å². The molecule has 5 rings (SSSR count). The van der Waals surface area contributed by atoms with Crippen LogP contribution in [0, 0.1) is 12.7 Å². The van der Waals surface area contributed by atoms with Crippen LogP contribution < -0.4 is 19.8 Å². The van der Waals surface area contributed by atoms with E-state index in [4.69, 9.17) is 13.9 Å². The summed E-state index contributed by atoms with van der Waals surface area (Å²) >= 11 is 1.06. The molecule has 2 aromatic heterocycles. The molecule has 1 amide bonds. The normalized spacial score (nSPS) is 14.7. The van der Waals surface area contributed by atoms with Gasteiger partial charge in [-0.05, 0) is 56.2 Å². The molecule has 4 aromatic rings. The number of fused-ring (bicyclic) bond motifs is 2. The van der Waals surface area contributed by atoms with Crippen LogP contribution in [0.3, 0.4) is 0 Å². The zero-order valence-electron chi connectivity index (χ0n) is 21.3. The predicted octanol–water partition coefficient (Wildman–Crippen LogP) is 5.84. The van der Waals surface area contributed by atoms with Crippen LogP contribution in [0.4, 0.5) is 9.52 Å². The summed E-state index contributed by atoms with van der Waals surface area (Å²) in [6.07, 6.45) is 0.804. The van der Waals surface area contributed by atoms with Crippen molar-refractivity contribution in [3.8, 4) is 11.5 Å². The van der Waals surface area contributed by atoms with Gasteiger partial charge in [0.1, 0.15) is 11.4 Å². The minimum atomic E-state index is -0.953. The SMILES string of the molecule is CCCOc1ccc(C2c3c(oc4ccc(F)cc4c3=O)C(=O)N2c2nc(C)c(C(C)=O)s2)cc1OCC. The molecule has 0 saturated carbocycles. The maximum atomic E-state index is 14.1. The highest BCUT2D eigenvalue weighted by Gasteiger charge is 2.45. The quantitative estimate of drug-likeness (QED) is 0.261. The lowest BCUT2D eigenvalue weighted by Gasteiger charge is -2.23. The van der Waals surface area contributed by atoms with Crippen molar-refractivity contribution in [3.63, 3.8) is 0 Å². The highest BCUT2D eigenvalue weighted by Crippen LogP contribution is 2.45. The van der Waals surface area contributed by atoms with E-state index in [9.17, 15) is 18.8 Å². The summed E-state index contributed by atoms with van der Waals surface area (Å²) < 4.78 is 31.6. The zero-order valence-corrected chi connectivity index (χ0v) is 22.1. The summed E-state index contributed by atoms with van der Waals surface area (Å²) in [5, 5.41) is 0.268. The number of nitrogens with zero attached hydrogens (tertiary/aromatic N) is 2. The molecular formula is C28H25FN2O6S. The van der Waals surface area contributed by atoms with Crippen LogP contribution in [0.15, 0.2) is 45.6 Å². The Labute approximate surface area is 221 Å². The number of thiazole rings is 1. The number of benzene rings is 2. The Kier molecular flexibility index (Phi) is 6.75. The second kappa shape index (κ2) is 10.0. The minimum absolute atomic E-state index is 0.0241. The number of halogens is 1. The number of aryl methyl sites for hydroxylation is 1. The molecule has 1 atom stereocenters. The van der Waals surface area contributed by atoms with Crippen LogP contribution >= 0.6 is 11.3 Å². The van der Waals surface area contributed by atoms with Gasteiger partial charge < -0.3 is 13.9 Å². The van der Waals surface area contributed by atoms with Gasteiger partial charge in [0.25, 0.3) is 5.91 Å². The predicted molar refractivity (Wildman–Crippen MR) is 141 cm³/mol. The van der Waals surface area contributed by atoms with Crippen molar-refractivity contribution >= 4 is 39.1 Å². The summed E-state index contributed by atoms with van der Waals surface area (Å²) in [5.74, 6) is -0.527. The van der Waals surface area contributed by atoms with E-state index in [0.29, 0.717) is 40.8 Å². The Morgan fingerprint density at radius 3 is 2.61 bits per heavy atom. The molecule has 0 bridgehead atoms. The van der Waals surface area contributed by atoms with Gasteiger partial charge >= 0.3 is 0 Å². The third kappa shape index (κ3) is 4.24. The first kappa shape index (κ1) is 25.6. The van der Waals surface area contributed by atoms with Crippen molar-refractivity contribution in [1.82, 2.24) is 4.98 Å². The number of hydrogen-bond donors (Lipinski definition) is 0. The first-order valence-electron chi connectivity index (χ1n) is 12.2. The Morgan fingerprint density at radius 2 is 1.92 bits per heavy atom. The van der Waals surface area contributed by atoms with Crippen molar-refractivity contribution in [3.05, 3.63) is 79.9 Å². The number of anilines is 1. The van der Waals surface area contributed by atoms with Crippen molar-refractivity contribution in [2.45, 2.75) is 40.2 Å². The number of carbonyl (C=O) groups excluding carboxylic acids is 2. The third-order valence-electron chi connectivity index (χ3n) is 6.19.